The molecular weight excluding hydrogens is 304 g/mol. The minimum atomic E-state index is -0.674. The Hall–Kier alpha value is -2.75. The van der Waals surface area contributed by atoms with Gasteiger partial charge in [-0.3, -0.25) is 9.59 Å². The molecule has 0 bridgehead atoms. The molecule has 0 unspecified atom stereocenters. The van der Waals surface area contributed by atoms with Crippen LogP contribution in [-0.2, 0) is 9.53 Å². The molecule has 124 valence electrons. The highest BCUT2D eigenvalue weighted by atomic mass is 16.5. The van der Waals surface area contributed by atoms with E-state index in [2.05, 4.69) is 0 Å². The number of ether oxygens (including phenoxy) is 1. The lowest BCUT2D eigenvalue weighted by molar-refractivity contribution is -0.129. The molecule has 0 radical (unpaired) electrons. The fourth-order valence-corrected chi connectivity index (χ4v) is 2.03. The summed E-state index contributed by atoms with van der Waals surface area (Å²) in [5, 5.41) is 0. The van der Waals surface area contributed by atoms with E-state index in [-0.39, 0.29) is 29.3 Å². The van der Waals surface area contributed by atoms with Gasteiger partial charge >= 0.3 is 5.97 Å². The van der Waals surface area contributed by atoms with Crippen molar-refractivity contribution in [3.05, 3.63) is 71.3 Å². The zero-order valence-electron chi connectivity index (χ0n) is 14.0. The lowest BCUT2D eigenvalue weighted by Crippen LogP contribution is -2.26. The summed E-state index contributed by atoms with van der Waals surface area (Å²) in [4.78, 5) is 36.8. The van der Waals surface area contributed by atoms with Crippen molar-refractivity contribution in [3.63, 3.8) is 0 Å². The van der Waals surface area contributed by atoms with Gasteiger partial charge in [0.25, 0.3) is 0 Å². The Morgan fingerprint density at radius 1 is 0.833 bits per heavy atom. The molecule has 0 N–H and O–H groups in total. The maximum absolute atomic E-state index is 12.6. The Morgan fingerprint density at radius 2 is 1.38 bits per heavy atom. The number of carbonyl (C=O) groups is 3. The molecule has 0 fully saturated rings. The van der Waals surface area contributed by atoms with Crippen LogP contribution in [0.15, 0.2) is 54.6 Å². The third-order valence-electron chi connectivity index (χ3n) is 3.60. The predicted molar refractivity (Wildman–Crippen MR) is 91.1 cm³/mol. The second kappa shape index (κ2) is 7.21. The topological polar surface area (TPSA) is 60.4 Å². The molecule has 0 aromatic heterocycles. The van der Waals surface area contributed by atoms with Crippen LogP contribution in [0, 0.1) is 5.41 Å². The first-order valence-corrected chi connectivity index (χ1v) is 7.70. The summed E-state index contributed by atoms with van der Waals surface area (Å²) in [7, 11) is 0. The normalized spacial score (nSPS) is 11.0. The molecule has 0 saturated heterocycles. The minimum Gasteiger partial charge on any atom is -0.454 e. The smallest absolute Gasteiger partial charge is 0.339 e. The van der Waals surface area contributed by atoms with Gasteiger partial charge in [0.15, 0.2) is 18.2 Å². The fraction of sp³-hybridized carbons (Fsp3) is 0.250. The summed E-state index contributed by atoms with van der Waals surface area (Å²) in [5.41, 5.74) is 0.327. The highest BCUT2D eigenvalue weighted by molar-refractivity contribution is 6.14. The molecule has 0 aliphatic heterocycles. The molecule has 0 aliphatic rings. The zero-order valence-corrected chi connectivity index (χ0v) is 14.0. The van der Waals surface area contributed by atoms with Gasteiger partial charge in [-0.05, 0) is 6.07 Å². The Labute approximate surface area is 141 Å². The standard InChI is InChI=1S/C20H20O4/c1-20(2,3)17(21)13-24-19(23)16-12-8-7-11-15(16)18(22)14-9-5-4-6-10-14/h4-12H,13H2,1-3H3. The third kappa shape index (κ3) is 4.16. The number of hydrogen-bond donors (Lipinski definition) is 0. The van der Waals surface area contributed by atoms with E-state index < -0.39 is 11.4 Å². The van der Waals surface area contributed by atoms with Crippen molar-refractivity contribution < 1.29 is 19.1 Å². The molecule has 0 spiro atoms. The third-order valence-corrected chi connectivity index (χ3v) is 3.60. The number of esters is 1. The van der Waals surface area contributed by atoms with E-state index in [0.717, 1.165) is 0 Å². The summed E-state index contributed by atoms with van der Waals surface area (Å²) >= 11 is 0. The molecule has 24 heavy (non-hydrogen) atoms. The van der Waals surface area contributed by atoms with Crippen LogP contribution < -0.4 is 0 Å². The van der Waals surface area contributed by atoms with Crippen molar-refractivity contribution in [2.24, 2.45) is 5.41 Å². The van der Waals surface area contributed by atoms with Crippen molar-refractivity contribution in [3.8, 4) is 0 Å². The second-order valence-corrected chi connectivity index (χ2v) is 6.49. The lowest BCUT2D eigenvalue weighted by Gasteiger charge is -2.16. The van der Waals surface area contributed by atoms with Gasteiger partial charge < -0.3 is 4.74 Å². The van der Waals surface area contributed by atoms with Crippen LogP contribution in [0.3, 0.4) is 0 Å². The molecule has 4 nitrogen and oxygen atoms in total. The van der Waals surface area contributed by atoms with Crippen molar-refractivity contribution in [1.29, 1.82) is 0 Å². The van der Waals surface area contributed by atoms with Gasteiger partial charge in [-0.25, -0.2) is 4.79 Å². The van der Waals surface area contributed by atoms with E-state index in [1.807, 2.05) is 6.07 Å². The molecule has 0 saturated carbocycles. The highest BCUT2D eigenvalue weighted by Gasteiger charge is 2.24. The molecule has 2 aromatic carbocycles. The molecule has 0 amide bonds. The monoisotopic (exact) mass is 324 g/mol. The van der Waals surface area contributed by atoms with E-state index in [0.29, 0.717) is 5.56 Å². The van der Waals surface area contributed by atoms with Gasteiger partial charge in [0.2, 0.25) is 0 Å². The van der Waals surface area contributed by atoms with E-state index in [1.54, 1.807) is 63.2 Å². The first-order valence-electron chi connectivity index (χ1n) is 7.70. The van der Waals surface area contributed by atoms with E-state index >= 15 is 0 Å². The SMILES string of the molecule is CC(C)(C)C(=O)COC(=O)c1ccccc1C(=O)c1ccccc1. The van der Waals surface area contributed by atoms with Gasteiger partial charge in [-0.15, -0.1) is 0 Å². The van der Waals surface area contributed by atoms with Crippen LogP contribution in [0.2, 0.25) is 0 Å². The first kappa shape index (κ1) is 17.6. The number of ketones is 2. The summed E-state index contributed by atoms with van der Waals surface area (Å²) < 4.78 is 5.10. The Kier molecular flexibility index (Phi) is 5.29. The van der Waals surface area contributed by atoms with Gasteiger partial charge in [-0.2, -0.15) is 0 Å². The van der Waals surface area contributed by atoms with Gasteiger partial charge in [0, 0.05) is 16.5 Å². The molecule has 0 aliphatic carbocycles. The molecule has 0 atom stereocenters. The second-order valence-electron chi connectivity index (χ2n) is 6.49. The predicted octanol–water partition coefficient (Wildman–Crippen LogP) is 3.69. The average Bonchev–Trinajstić information content (AvgIpc) is 2.58. The molecular formula is C20H20O4. The fourth-order valence-electron chi connectivity index (χ4n) is 2.03. The molecule has 4 heteroatoms. The summed E-state index contributed by atoms with van der Waals surface area (Å²) in [6, 6.07) is 15.2. The Bertz CT molecular complexity index is 755. The van der Waals surface area contributed by atoms with Gasteiger partial charge in [0.05, 0.1) is 5.56 Å². The van der Waals surface area contributed by atoms with Crippen LogP contribution >= 0.6 is 0 Å². The Morgan fingerprint density at radius 3 is 1.96 bits per heavy atom. The molecule has 2 aromatic rings. The minimum absolute atomic E-state index is 0.160. The maximum Gasteiger partial charge on any atom is 0.339 e. The Balaban J connectivity index is 2.21. The maximum atomic E-state index is 12.6. The van der Waals surface area contributed by atoms with Gasteiger partial charge in [0.1, 0.15) is 0 Å². The van der Waals surface area contributed by atoms with Crippen LogP contribution in [0.25, 0.3) is 0 Å². The van der Waals surface area contributed by atoms with Crippen molar-refractivity contribution in [2.75, 3.05) is 6.61 Å². The van der Waals surface area contributed by atoms with E-state index in [9.17, 15) is 14.4 Å². The van der Waals surface area contributed by atoms with Crippen molar-refractivity contribution in [2.45, 2.75) is 20.8 Å². The van der Waals surface area contributed by atoms with Crippen LogP contribution in [0.5, 0.6) is 0 Å². The summed E-state index contributed by atoms with van der Waals surface area (Å²) in [6.45, 7) is 4.97. The van der Waals surface area contributed by atoms with E-state index in [4.69, 9.17) is 4.74 Å². The molecule has 2 rings (SSSR count). The van der Waals surface area contributed by atoms with Crippen molar-refractivity contribution >= 4 is 17.5 Å². The zero-order chi connectivity index (χ0) is 17.7. The average molecular weight is 324 g/mol. The van der Waals surface area contributed by atoms with Gasteiger partial charge in [-0.1, -0.05) is 69.3 Å². The quantitative estimate of drug-likeness (QED) is 0.621. The summed E-state index contributed by atoms with van der Waals surface area (Å²) in [6.07, 6.45) is 0. The number of benzene rings is 2. The first-order chi connectivity index (χ1) is 11.3. The number of rotatable bonds is 5. The lowest BCUT2D eigenvalue weighted by atomic mass is 9.91. The largest absolute Gasteiger partial charge is 0.454 e. The van der Waals surface area contributed by atoms with E-state index in [1.165, 1.54) is 6.07 Å². The highest BCUT2D eigenvalue weighted by Crippen LogP contribution is 2.18. The number of hydrogen-bond acceptors (Lipinski definition) is 4. The number of Topliss-reactive ketones (excluding diaryl/α,β-unsaturated/α-hetero) is 1. The van der Waals surface area contributed by atoms with Crippen molar-refractivity contribution in [1.82, 2.24) is 0 Å². The van der Waals surface area contributed by atoms with Crippen LogP contribution in [0.1, 0.15) is 47.1 Å². The number of carbonyl (C=O) groups excluding carboxylic acids is 3. The summed E-state index contributed by atoms with van der Waals surface area (Å²) in [5.74, 6) is -1.11. The van der Waals surface area contributed by atoms with Crippen LogP contribution in [0.4, 0.5) is 0 Å². The van der Waals surface area contributed by atoms with Crippen LogP contribution in [-0.4, -0.2) is 24.1 Å². The molecule has 0 heterocycles.